The van der Waals surface area contributed by atoms with Crippen LogP contribution in [0.4, 0.5) is 74.6 Å². The summed E-state index contributed by atoms with van der Waals surface area (Å²) in [7, 11) is 0. The van der Waals surface area contributed by atoms with Gasteiger partial charge in [0.15, 0.2) is 0 Å². The van der Waals surface area contributed by atoms with E-state index in [1.807, 2.05) is 0 Å². The average Bonchev–Trinajstić information content (AvgIpc) is 2.80. The van der Waals surface area contributed by atoms with Gasteiger partial charge in [0.05, 0.1) is 0 Å². The van der Waals surface area contributed by atoms with Gasteiger partial charge in [-0.25, -0.2) is 0 Å². The van der Waals surface area contributed by atoms with Crippen molar-refractivity contribution in [2.45, 2.75) is 79.7 Å². The smallest absolute Gasteiger partial charge is 0.200 e. The summed E-state index contributed by atoms with van der Waals surface area (Å²) in [4.78, 5) is 0. The number of unbranched alkanes of at least 4 members (excludes halogenated alkanes) is 2. The second kappa shape index (κ2) is 12.2. The van der Waals surface area contributed by atoms with Crippen molar-refractivity contribution in [3.8, 4) is 0 Å². The Bertz CT molecular complexity index is 957. The fourth-order valence-electron chi connectivity index (χ4n) is 3.02. The molecule has 0 aliphatic rings. The van der Waals surface area contributed by atoms with E-state index >= 15 is 0 Å². The van der Waals surface area contributed by atoms with Crippen LogP contribution in [0.3, 0.4) is 0 Å². The number of hydrogen-bond acceptors (Lipinski definition) is 1. The van der Waals surface area contributed by atoms with Crippen LogP contribution in [0.2, 0.25) is 0 Å². The van der Waals surface area contributed by atoms with E-state index in [1.54, 1.807) is 24.3 Å². The molecule has 1 rings (SSSR count). The molecule has 0 heterocycles. The van der Waals surface area contributed by atoms with Gasteiger partial charge in [0.1, 0.15) is 0 Å². The van der Waals surface area contributed by atoms with Crippen molar-refractivity contribution in [1.82, 2.24) is 0 Å². The van der Waals surface area contributed by atoms with Crippen molar-refractivity contribution >= 4 is 27.7 Å². The summed E-state index contributed by atoms with van der Waals surface area (Å²) in [5, 5.41) is 0. The van der Waals surface area contributed by atoms with Gasteiger partial charge < -0.3 is 0 Å². The lowest BCUT2D eigenvalue weighted by Gasteiger charge is -2.42. The summed E-state index contributed by atoms with van der Waals surface area (Å²) in [6.07, 6.45) is -8.20. The van der Waals surface area contributed by atoms with E-state index in [1.165, 1.54) is 0 Å². The fourth-order valence-corrected chi connectivity index (χ4v) is 4.29. The zero-order valence-electron chi connectivity index (χ0n) is 19.5. The molecule has 19 heteroatoms. The first-order chi connectivity index (χ1) is 17.7. The maximum atomic E-state index is 13.8. The number of hydrogen-bond donors (Lipinski definition) is 0. The SMILES string of the molecule is FC(F)(F)C(F)(F)C(F)(F)C(F)(F)C(F)(F)C(F)(F)C(F)(F)C(F)(F)CCSCCCCCc1ccc(Br)cc1. The van der Waals surface area contributed by atoms with Crippen LogP contribution in [0.5, 0.6) is 0 Å². The minimum Gasteiger partial charge on any atom is -0.200 e. The minimum atomic E-state index is -8.59. The lowest BCUT2D eigenvalue weighted by molar-refractivity contribution is -0.461. The number of rotatable bonds is 15. The molecule has 0 radical (unpaired) electrons. The van der Waals surface area contributed by atoms with E-state index in [9.17, 15) is 74.6 Å². The van der Waals surface area contributed by atoms with E-state index in [2.05, 4.69) is 15.9 Å². The third kappa shape index (κ3) is 6.74. The monoisotopic (exact) mass is 704 g/mol. The van der Waals surface area contributed by atoms with Crippen LogP contribution in [-0.4, -0.2) is 59.1 Å². The molecule has 0 aromatic heterocycles. The first-order valence-corrected chi connectivity index (χ1v) is 12.7. The molecule has 0 saturated heterocycles. The second-order valence-corrected chi connectivity index (χ2v) is 10.6. The van der Waals surface area contributed by atoms with Crippen LogP contribution in [0.1, 0.15) is 31.2 Å². The molecule has 0 amide bonds. The van der Waals surface area contributed by atoms with Crippen molar-refractivity contribution in [3.05, 3.63) is 34.3 Å². The minimum absolute atomic E-state index is 0.0363. The molecule has 0 bridgehead atoms. The standard InChI is InChI=1S/C21H18BrF17S/c22-13-7-5-12(6-8-13)4-2-1-3-10-40-11-9-14(23,24)15(25,26)16(27,28)17(29,30)18(31,32)19(33,34)20(35,36)21(37,38)39/h5-8H,1-4,9-11H2. The van der Waals surface area contributed by atoms with Crippen molar-refractivity contribution in [2.24, 2.45) is 0 Å². The predicted molar refractivity (Wildman–Crippen MR) is 114 cm³/mol. The van der Waals surface area contributed by atoms with Crippen LogP contribution < -0.4 is 0 Å². The summed E-state index contributed by atoms with van der Waals surface area (Å²) in [6, 6.07) is 7.15. The summed E-state index contributed by atoms with van der Waals surface area (Å²) in [5.41, 5.74) is 0.945. The second-order valence-electron chi connectivity index (χ2n) is 8.45. The number of thioether (sulfide) groups is 1. The van der Waals surface area contributed by atoms with E-state index < -0.39 is 59.8 Å². The van der Waals surface area contributed by atoms with Gasteiger partial charge in [-0.3, -0.25) is 0 Å². The van der Waals surface area contributed by atoms with E-state index in [0.717, 1.165) is 10.0 Å². The highest BCUT2D eigenvalue weighted by Crippen LogP contribution is 2.64. The first-order valence-electron chi connectivity index (χ1n) is 10.8. The molecule has 0 atom stereocenters. The lowest BCUT2D eigenvalue weighted by Crippen LogP contribution is -2.74. The molecular weight excluding hydrogens is 687 g/mol. The van der Waals surface area contributed by atoms with Gasteiger partial charge in [0.25, 0.3) is 0 Å². The maximum Gasteiger partial charge on any atom is 0.460 e. The van der Waals surface area contributed by atoms with Gasteiger partial charge in [-0.05, 0) is 48.5 Å². The number of alkyl halides is 17. The molecule has 0 aliphatic heterocycles. The van der Waals surface area contributed by atoms with Gasteiger partial charge in [-0.2, -0.15) is 86.4 Å². The third-order valence-corrected chi connectivity index (χ3v) is 7.11. The van der Waals surface area contributed by atoms with Crippen molar-refractivity contribution in [3.63, 3.8) is 0 Å². The zero-order valence-corrected chi connectivity index (χ0v) is 21.9. The van der Waals surface area contributed by atoms with E-state index in [4.69, 9.17) is 0 Å². The Morgan fingerprint density at radius 3 is 1.38 bits per heavy atom. The van der Waals surface area contributed by atoms with Gasteiger partial charge in [0.2, 0.25) is 0 Å². The molecule has 40 heavy (non-hydrogen) atoms. The van der Waals surface area contributed by atoms with Crippen molar-refractivity contribution in [2.75, 3.05) is 11.5 Å². The van der Waals surface area contributed by atoms with Crippen LogP contribution in [0.25, 0.3) is 0 Å². The quantitative estimate of drug-likeness (QED) is 0.129. The fraction of sp³-hybridized carbons (Fsp3) is 0.714. The average molecular weight is 705 g/mol. The van der Waals surface area contributed by atoms with E-state index in [0.29, 0.717) is 31.0 Å². The summed E-state index contributed by atoms with van der Waals surface area (Å²) in [5.74, 6) is -57.1. The van der Waals surface area contributed by atoms with Crippen molar-refractivity contribution < 1.29 is 74.6 Å². The largest absolute Gasteiger partial charge is 0.460 e. The van der Waals surface area contributed by atoms with Crippen LogP contribution in [0.15, 0.2) is 28.7 Å². The van der Waals surface area contributed by atoms with Gasteiger partial charge in [0, 0.05) is 10.9 Å². The highest BCUT2D eigenvalue weighted by Gasteiger charge is 2.95. The van der Waals surface area contributed by atoms with Crippen LogP contribution >= 0.6 is 27.7 Å². The molecule has 0 spiro atoms. The Hall–Kier alpha value is -1.14. The van der Waals surface area contributed by atoms with Gasteiger partial charge >= 0.3 is 47.6 Å². The van der Waals surface area contributed by atoms with Gasteiger partial charge in [-0.15, -0.1) is 0 Å². The molecule has 0 unspecified atom stereocenters. The number of benzene rings is 1. The Kier molecular flexibility index (Phi) is 11.3. The highest BCUT2D eigenvalue weighted by molar-refractivity contribution is 9.10. The molecular formula is C21H18BrF17S. The third-order valence-electron chi connectivity index (χ3n) is 5.51. The molecule has 0 N–H and O–H groups in total. The Balaban J connectivity index is 2.88. The van der Waals surface area contributed by atoms with Crippen LogP contribution in [-0.2, 0) is 6.42 Å². The highest BCUT2D eigenvalue weighted by atomic mass is 79.9. The molecule has 0 saturated carbocycles. The van der Waals surface area contributed by atoms with Crippen molar-refractivity contribution in [1.29, 1.82) is 0 Å². The van der Waals surface area contributed by atoms with E-state index in [-0.39, 0.29) is 12.2 Å². The summed E-state index contributed by atoms with van der Waals surface area (Å²) >= 11 is 3.66. The normalized spacial score (nSPS) is 15.1. The molecule has 0 fully saturated rings. The maximum absolute atomic E-state index is 13.8. The molecule has 1 aromatic rings. The van der Waals surface area contributed by atoms with Crippen LogP contribution in [0, 0.1) is 0 Å². The Morgan fingerprint density at radius 2 is 0.925 bits per heavy atom. The zero-order chi connectivity index (χ0) is 31.6. The predicted octanol–water partition coefficient (Wildman–Crippen LogP) is 10.3. The number of halogens is 18. The topological polar surface area (TPSA) is 0 Å². The first kappa shape index (κ1) is 36.9. The molecule has 0 aliphatic carbocycles. The summed E-state index contributed by atoms with van der Waals surface area (Å²) < 4.78 is 226. The Labute approximate surface area is 228 Å². The Morgan fingerprint density at radius 1 is 0.500 bits per heavy atom. The van der Waals surface area contributed by atoms with Gasteiger partial charge in [-0.1, -0.05) is 34.5 Å². The summed E-state index contributed by atoms with van der Waals surface area (Å²) in [6.45, 7) is 0. The molecule has 234 valence electrons. The lowest BCUT2D eigenvalue weighted by atomic mass is 9.88. The molecule has 0 nitrogen and oxygen atoms in total. The molecule has 1 aromatic carbocycles. The number of aryl methyl sites for hydroxylation is 1.